The molecule has 9 heteroatoms. The molecule has 0 bridgehead atoms. The number of sulfonamides is 1. The molecule has 28 heavy (non-hydrogen) atoms. The molecule has 0 amide bonds. The third kappa shape index (κ3) is 4.38. The van der Waals surface area contributed by atoms with E-state index < -0.39 is 20.6 Å². The molecular formula is C19H16N2O6S. The minimum absolute atomic E-state index is 0.0219. The first-order chi connectivity index (χ1) is 13.4. The fourth-order valence-electron chi connectivity index (χ4n) is 2.41. The van der Waals surface area contributed by atoms with Gasteiger partial charge in [-0.1, -0.05) is 18.2 Å². The molecule has 3 aromatic rings. The first-order valence-electron chi connectivity index (χ1n) is 8.07. The molecular weight excluding hydrogens is 384 g/mol. The molecule has 3 rings (SSSR count). The summed E-state index contributed by atoms with van der Waals surface area (Å²) in [4.78, 5) is 10.2. The van der Waals surface area contributed by atoms with Crippen LogP contribution in [-0.2, 0) is 10.0 Å². The Morgan fingerprint density at radius 3 is 2.18 bits per heavy atom. The number of nitro benzene ring substituents is 1. The van der Waals surface area contributed by atoms with Crippen LogP contribution in [0, 0.1) is 10.1 Å². The van der Waals surface area contributed by atoms with Crippen LogP contribution in [-0.4, -0.2) is 20.5 Å². The number of ether oxygens (including phenoxy) is 2. The van der Waals surface area contributed by atoms with Gasteiger partial charge < -0.3 is 9.47 Å². The summed E-state index contributed by atoms with van der Waals surface area (Å²) in [6, 6.07) is 18.9. The standard InChI is InChI=1S/C19H16N2O6S/c1-26-19-12-11-17(13-18(19)21(22)23)28(24,25)20-14-7-9-16(10-8-14)27-15-5-3-2-4-6-15/h2-13,20H,1H3. The predicted octanol–water partition coefficient (Wildman–Crippen LogP) is 4.20. The number of hydrogen-bond acceptors (Lipinski definition) is 6. The summed E-state index contributed by atoms with van der Waals surface area (Å²) in [5.74, 6) is 1.17. The minimum Gasteiger partial charge on any atom is -0.490 e. The fourth-order valence-corrected chi connectivity index (χ4v) is 3.49. The summed E-state index contributed by atoms with van der Waals surface area (Å²) in [5, 5.41) is 11.1. The van der Waals surface area contributed by atoms with Crippen molar-refractivity contribution in [3.63, 3.8) is 0 Å². The Labute approximate surface area is 161 Å². The zero-order valence-electron chi connectivity index (χ0n) is 14.7. The summed E-state index contributed by atoms with van der Waals surface area (Å²) in [6.45, 7) is 0. The Morgan fingerprint density at radius 2 is 1.57 bits per heavy atom. The lowest BCUT2D eigenvalue weighted by atomic mass is 10.3. The zero-order valence-corrected chi connectivity index (χ0v) is 15.5. The maximum Gasteiger partial charge on any atom is 0.312 e. The van der Waals surface area contributed by atoms with Crippen LogP contribution in [0.4, 0.5) is 11.4 Å². The van der Waals surface area contributed by atoms with E-state index in [4.69, 9.17) is 9.47 Å². The molecule has 3 aromatic carbocycles. The minimum atomic E-state index is -4.02. The van der Waals surface area contributed by atoms with Crippen LogP contribution in [0.5, 0.6) is 17.2 Å². The molecule has 0 unspecified atom stereocenters. The average molecular weight is 400 g/mol. The van der Waals surface area contributed by atoms with Crippen molar-refractivity contribution in [3.8, 4) is 17.2 Å². The maximum absolute atomic E-state index is 12.5. The van der Waals surface area contributed by atoms with E-state index in [1.807, 2.05) is 18.2 Å². The monoisotopic (exact) mass is 400 g/mol. The quantitative estimate of drug-likeness (QED) is 0.470. The van der Waals surface area contributed by atoms with E-state index in [-0.39, 0.29) is 10.6 Å². The Balaban J connectivity index is 1.79. The highest BCUT2D eigenvalue weighted by Gasteiger charge is 2.22. The molecule has 0 spiro atoms. The number of rotatable bonds is 7. The lowest BCUT2D eigenvalue weighted by Crippen LogP contribution is -2.13. The third-order valence-electron chi connectivity index (χ3n) is 3.74. The summed E-state index contributed by atoms with van der Waals surface area (Å²) in [6.07, 6.45) is 0. The van der Waals surface area contributed by atoms with Gasteiger partial charge in [0.1, 0.15) is 11.5 Å². The van der Waals surface area contributed by atoms with E-state index >= 15 is 0 Å². The van der Waals surface area contributed by atoms with Crippen LogP contribution in [0.3, 0.4) is 0 Å². The van der Waals surface area contributed by atoms with Gasteiger partial charge in [0.05, 0.1) is 16.9 Å². The summed E-state index contributed by atoms with van der Waals surface area (Å²) in [7, 11) is -2.75. The van der Waals surface area contributed by atoms with Gasteiger partial charge in [-0.3, -0.25) is 14.8 Å². The third-order valence-corrected chi connectivity index (χ3v) is 5.12. The number of methoxy groups -OCH3 is 1. The molecule has 8 nitrogen and oxygen atoms in total. The van der Waals surface area contributed by atoms with Crippen molar-refractivity contribution in [2.24, 2.45) is 0 Å². The van der Waals surface area contributed by atoms with Crippen molar-refractivity contribution in [2.45, 2.75) is 4.90 Å². The van der Waals surface area contributed by atoms with Crippen LogP contribution in [0.2, 0.25) is 0 Å². The van der Waals surface area contributed by atoms with Gasteiger partial charge in [0.2, 0.25) is 0 Å². The van der Waals surface area contributed by atoms with E-state index in [1.165, 1.54) is 31.4 Å². The zero-order chi connectivity index (χ0) is 20.1. The highest BCUT2D eigenvalue weighted by molar-refractivity contribution is 7.92. The molecule has 0 aliphatic rings. The van der Waals surface area contributed by atoms with Crippen molar-refractivity contribution >= 4 is 21.4 Å². The van der Waals surface area contributed by atoms with Crippen molar-refractivity contribution in [2.75, 3.05) is 11.8 Å². The van der Waals surface area contributed by atoms with E-state index in [0.717, 1.165) is 6.07 Å². The van der Waals surface area contributed by atoms with E-state index in [0.29, 0.717) is 17.2 Å². The number of nitrogens with one attached hydrogen (secondary N) is 1. The molecule has 0 radical (unpaired) electrons. The summed E-state index contributed by atoms with van der Waals surface area (Å²) in [5.41, 5.74) is -0.143. The SMILES string of the molecule is COc1ccc(S(=O)(=O)Nc2ccc(Oc3ccccc3)cc2)cc1[N+](=O)[O-]. The molecule has 0 aliphatic carbocycles. The molecule has 144 valence electrons. The van der Waals surface area contributed by atoms with Crippen molar-refractivity contribution in [3.05, 3.63) is 82.9 Å². The number of benzene rings is 3. The normalized spacial score (nSPS) is 10.9. The second-order valence-electron chi connectivity index (χ2n) is 5.64. The van der Waals surface area contributed by atoms with E-state index in [1.54, 1.807) is 24.3 Å². The molecule has 0 atom stereocenters. The van der Waals surface area contributed by atoms with Crippen molar-refractivity contribution in [1.29, 1.82) is 0 Å². The highest BCUT2D eigenvalue weighted by atomic mass is 32.2. The maximum atomic E-state index is 12.5. The molecule has 0 saturated heterocycles. The topological polar surface area (TPSA) is 108 Å². The van der Waals surface area contributed by atoms with Gasteiger partial charge in [0.25, 0.3) is 10.0 Å². The van der Waals surface area contributed by atoms with E-state index in [9.17, 15) is 18.5 Å². The molecule has 0 aromatic heterocycles. The smallest absolute Gasteiger partial charge is 0.312 e. The average Bonchev–Trinajstić information content (AvgIpc) is 2.69. The second-order valence-corrected chi connectivity index (χ2v) is 7.32. The van der Waals surface area contributed by atoms with Crippen LogP contribution in [0.1, 0.15) is 0 Å². The molecule has 0 fully saturated rings. The summed E-state index contributed by atoms with van der Waals surface area (Å²) >= 11 is 0. The lowest BCUT2D eigenvalue weighted by Gasteiger charge is -2.10. The number of nitro groups is 1. The van der Waals surface area contributed by atoms with Crippen LogP contribution in [0.25, 0.3) is 0 Å². The second kappa shape index (κ2) is 7.97. The number of para-hydroxylation sites is 1. The molecule has 0 heterocycles. The summed E-state index contributed by atoms with van der Waals surface area (Å²) < 4.78 is 38.0. The fraction of sp³-hybridized carbons (Fsp3) is 0.0526. The number of anilines is 1. The van der Waals surface area contributed by atoms with Gasteiger partial charge in [0, 0.05) is 11.8 Å². The van der Waals surface area contributed by atoms with Crippen LogP contribution >= 0.6 is 0 Å². The molecule has 0 aliphatic heterocycles. The van der Waals surface area contributed by atoms with Crippen molar-refractivity contribution < 1.29 is 22.8 Å². The molecule has 0 saturated carbocycles. The largest absolute Gasteiger partial charge is 0.490 e. The molecule has 1 N–H and O–H groups in total. The number of hydrogen-bond donors (Lipinski definition) is 1. The van der Waals surface area contributed by atoms with Gasteiger partial charge >= 0.3 is 5.69 Å². The van der Waals surface area contributed by atoms with Gasteiger partial charge in [-0.15, -0.1) is 0 Å². The predicted molar refractivity (Wildman–Crippen MR) is 103 cm³/mol. The van der Waals surface area contributed by atoms with Gasteiger partial charge in [-0.05, 0) is 48.5 Å². The first kappa shape index (κ1) is 19.2. The number of nitrogens with zero attached hydrogens (tertiary/aromatic N) is 1. The highest BCUT2D eigenvalue weighted by Crippen LogP contribution is 2.30. The Morgan fingerprint density at radius 1 is 0.929 bits per heavy atom. The van der Waals surface area contributed by atoms with Gasteiger partial charge in [-0.2, -0.15) is 0 Å². The van der Waals surface area contributed by atoms with Crippen LogP contribution in [0.15, 0.2) is 77.7 Å². The first-order valence-corrected chi connectivity index (χ1v) is 9.55. The van der Waals surface area contributed by atoms with Crippen LogP contribution < -0.4 is 14.2 Å². The van der Waals surface area contributed by atoms with Gasteiger partial charge in [-0.25, -0.2) is 8.42 Å². The van der Waals surface area contributed by atoms with Crippen molar-refractivity contribution in [1.82, 2.24) is 0 Å². The Hall–Kier alpha value is -3.59. The van der Waals surface area contributed by atoms with E-state index in [2.05, 4.69) is 4.72 Å². The lowest BCUT2D eigenvalue weighted by molar-refractivity contribution is -0.386. The Kier molecular flexibility index (Phi) is 5.46. The Bertz CT molecular complexity index is 1080. The van der Waals surface area contributed by atoms with Gasteiger partial charge in [0.15, 0.2) is 5.75 Å².